The fourth-order valence-corrected chi connectivity index (χ4v) is 2.86. The van der Waals surface area contributed by atoms with Crippen LogP contribution in [0, 0.1) is 0 Å². The zero-order valence-electron chi connectivity index (χ0n) is 12.2. The maximum atomic E-state index is 11.4. The molecule has 2 N–H and O–H groups in total. The molecule has 3 heteroatoms. The lowest BCUT2D eigenvalue weighted by Gasteiger charge is -2.23. The van der Waals surface area contributed by atoms with Crippen molar-refractivity contribution in [2.24, 2.45) is 0 Å². The Balaban J connectivity index is 1.95. The van der Waals surface area contributed by atoms with Crippen LogP contribution in [0.2, 0.25) is 0 Å². The highest BCUT2D eigenvalue weighted by molar-refractivity contribution is 5.93. The number of fused-ring (bicyclic) bond motifs is 1. The second-order valence-electron chi connectivity index (χ2n) is 5.37. The lowest BCUT2D eigenvalue weighted by atomic mass is 9.93. The van der Waals surface area contributed by atoms with Crippen LogP contribution in [0.15, 0.2) is 48.5 Å². The summed E-state index contributed by atoms with van der Waals surface area (Å²) in [6.07, 6.45) is 1.40. The number of carbonyl (C=O) groups excluding carboxylic acids is 1. The van der Waals surface area contributed by atoms with Gasteiger partial charge < -0.3 is 10.6 Å². The summed E-state index contributed by atoms with van der Waals surface area (Å²) in [6.45, 7) is 3.03. The first-order chi connectivity index (χ1) is 10.3. The lowest BCUT2D eigenvalue weighted by Crippen LogP contribution is -2.23. The molecule has 2 aromatic rings. The minimum absolute atomic E-state index is 0.113. The van der Waals surface area contributed by atoms with Crippen LogP contribution in [-0.4, -0.2) is 12.5 Å². The average Bonchev–Trinajstić information content (AvgIpc) is 2.53. The molecule has 1 amide bonds. The van der Waals surface area contributed by atoms with Crippen LogP contribution in [0.3, 0.4) is 0 Å². The van der Waals surface area contributed by atoms with Gasteiger partial charge in [-0.1, -0.05) is 49.4 Å². The molecule has 0 radical (unpaired) electrons. The summed E-state index contributed by atoms with van der Waals surface area (Å²) in [5.74, 6) is 0.113. The van der Waals surface area contributed by atoms with Gasteiger partial charge in [-0.25, -0.2) is 0 Å². The summed E-state index contributed by atoms with van der Waals surface area (Å²) in [6, 6.07) is 17.0. The Hall–Kier alpha value is -2.13. The van der Waals surface area contributed by atoms with Gasteiger partial charge in [0.1, 0.15) is 0 Å². The molecule has 0 aromatic heterocycles. The standard InChI is InChI=1S/C18H20N2O/c1-2-19-18(13-6-4-3-5-7-13)15-8-10-16-14(12-15)9-11-17(21)20-16/h3-8,10,12,18-19H,2,9,11H2,1H3,(H,20,21). The van der Waals surface area contributed by atoms with E-state index in [1.54, 1.807) is 0 Å². The summed E-state index contributed by atoms with van der Waals surface area (Å²) in [5, 5.41) is 6.48. The third-order valence-corrected chi connectivity index (χ3v) is 3.90. The van der Waals surface area contributed by atoms with Gasteiger partial charge in [-0.05, 0) is 35.7 Å². The average molecular weight is 280 g/mol. The van der Waals surface area contributed by atoms with Crippen LogP contribution in [0.1, 0.15) is 36.1 Å². The van der Waals surface area contributed by atoms with Gasteiger partial charge in [-0.2, -0.15) is 0 Å². The van der Waals surface area contributed by atoms with Crippen LogP contribution >= 0.6 is 0 Å². The number of hydrogen-bond donors (Lipinski definition) is 2. The number of benzene rings is 2. The molecule has 0 saturated heterocycles. The zero-order chi connectivity index (χ0) is 14.7. The number of carbonyl (C=O) groups is 1. The second-order valence-corrected chi connectivity index (χ2v) is 5.37. The largest absolute Gasteiger partial charge is 0.326 e. The third kappa shape index (κ3) is 2.98. The molecule has 1 aliphatic heterocycles. The van der Waals surface area contributed by atoms with E-state index in [1.165, 1.54) is 16.7 Å². The van der Waals surface area contributed by atoms with E-state index < -0.39 is 0 Å². The molecule has 2 aromatic carbocycles. The summed E-state index contributed by atoms with van der Waals surface area (Å²) in [7, 11) is 0. The fraction of sp³-hybridized carbons (Fsp3) is 0.278. The van der Waals surface area contributed by atoms with Crippen molar-refractivity contribution in [1.82, 2.24) is 5.32 Å². The monoisotopic (exact) mass is 280 g/mol. The van der Waals surface area contributed by atoms with E-state index in [9.17, 15) is 4.79 Å². The maximum Gasteiger partial charge on any atom is 0.224 e. The fourth-order valence-electron chi connectivity index (χ4n) is 2.86. The first-order valence-corrected chi connectivity index (χ1v) is 7.49. The Morgan fingerprint density at radius 3 is 2.67 bits per heavy atom. The molecule has 1 heterocycles. The number of rotatable bonds is 4. The van der Waals surface area contributed by atoms with Gasteiger partial charge in [0.2, 0.25) is 5.91 Å². The molecule has 0 spiro atoms. The van der Waals surface area contributed by atoms with Crippen molar-refractivity contribution < 1.29 is 4.79 Å². The summed E-state index contributed by atoms with van der Waals surface area (Å²) in [5.41, 5.74) is 4.70. The number of amides is 1. The van der Waals surface area contributed by atoms with Gasteiger partial charge >= 0.3 is 0 Å². The normalized spacial score (nSPS) is 15.2. The van der Waals surface area contributed by atoms with Crippen molar-refractivity contribution in [1.29, 1.82) is 0 Å². The second kappa shape index (κ2) is 6.10. The van der Waals surface area contributed by atoms with Gasteiger partial charge in [0, 0.05) is 12.1 Å². The number of hydrogen-bond acceptors (Lipinski definition) is 2. The lowest BCUT2D eigenvalue weighted by molar-refractivity contribution is -0.116. The van der Waals surface area contributed by atoms with E-state index in [0.717, 1.165) is 18.7 Å². The topological polar surface area (TPSA) is 41.1 Å². The van der Waals surface area contributed by atoms with E-state index >= 15 is 0 Å². The Morgan fingerprint density at radius 2 is 1.90 bits per heavy atom. The zero-order valence-corrected chi connectivity index (χ0v) is 12.2. The van der Waals surface area contributed by atoms with Gasteiger partial charge in [0.05, 0.1) is 6.04 Å². The van der Waals surface area contributed by atoms with Crippen LogP contribution in [0.4, 0.5) is 5.69 Å². The smallest absolute Gasteiger partial charge is 0.224 e. The van der Waals surface area contributed by atoms with Gasteiger partial charge in [-0.15, -0.1) is 0 Å². The van der Waals surface area contributed by atoms with Crippen LogP contribution < -0.4 is 10.6 Å². The van der Waals surface area contributed by atoms with Crippen LogP contribution in [-0.2, 0) is 11.2 Å². The van der Waals surface area contributed by atoms with Crippen molar-refractivity contribution in [3.8, 4) is 0 Å². The van der Waals surface area contributed by atoms with E-state index in [2.05, 4.69) is 54.0 Å². The highest BCUT2D eigenvalue weighted by Gasteiger charge is 2.18. The highest BCUT2D eigenvalue weighted by Crippen LogP contribution is 2.29. The maximum absolute atomic E-state index is 11.4. The molecule has 0 saturated carbocycles. The molecule has 21 heavy (non-hydrogen) atoms. The molecular formula is C18H20N2O. The Morgan fingerprint density at radius 1 is 1.10 bits per heavy atom. The van der Waals surface area contributed by atoms with Gasteiger partial charge in [-0.3, -0.25) is 4.79 Å². The first-order valence-electron chi connectivity index (χ1n) is 7.49. The van der Waals surface area contributed by atoms with Crippen molar-refractivity contribution in [2.45, 2.75) is 25.8 Å². The molecule has 0 aliphatic carbocycles. The van der Waals surface area contributed by atoms with E-state index in [0.29, 0.717) is 6.42 Å². The minimum Gasteiger partial charge on any atom is -0.326 e. The number of anilines is 1. The molecule has 108 valence electrons. The number of aryl methyl sites for hydroxylation is 1. The molecule has 1 atom stereocenters. The summed E-state index contributed by atoms with van der Waals surface area (Å²) < 4.78 is 0. The van der Waals surface area contributed by atoms with Crippen molar-refractivity contribution in [2.75, 3.05) is 11.9 Å². The SMILES string of the molecule is CCNC(c1ccccc1)c1ccc2c(c1)CCC(=O)N2. The highest BCUT2D eigenvalue weighted by atomic mass is 16.1. The van der Waals surface area contributed by atoms with E-state index in [1.807, 2.05) is 12.1 Å². The van der Waals surface area contributed by atoms with E-state index in [-0.39, 0.29) is 11.9 Å². The molecule has 0 bridgehead atoms. The molecule has 1 aliphatic rings. The number of nitrogens with one attached hydrogen (secondary N) is 2. The van der Waals surface area contributed by atoms with Crippen LogP contribution in [0.5, 0.6) is 0 Å². The summed E-state index contributed by atoms with van der Waals surface area (Å²) in [4.78, 5) is 11.4. The summed E-state index contributed by atoms with van der Waals surface area (Å²) >= 11 is 0. The third-order valence-electron chi connectivity index (χ3n) is 3.90. The molecule has 3 nitrogen and oxygen atoms in total. The Bertz CT molecular complexity index is 637. The predicted molar refractivity (Wildman–Crippen MR) is 85.4 cm³/mol. The Kier molecular flexibility index (Phi) is 4.02. The van der Waals surface area contributed by atoms with Crippen molar-refractivity contribution in [3.63, 3.8) is 0 Å². The van der Waals surface area contributed by atoms with Gasteiger partial charge in [0.15, 0.2) is 0 Å². The minimum atomic E-state index is 0.113. The predicted octanol–water partition coefficient (Wildman–Crippen LogP) is 3.27. The van der Waals surface area contributed by atoms with Gasteiger partial charge in [0.25, 0.3) is 0 Å². The van der Waals surface area contributed by atoms with Crippen molar-refractivity contribution >= 4 is 11.6 Å². The quantitative estimate of drug-likeness (QED) is 0.902. The molecule has 0 fully saturated rings. The molecular weight excluding hydrogens is 260 g/mol. The Labute approximate surface area is 125 Å². The molecule has 1 unspecified atom stereocenters. The first kappa shape index (κ1) is 13.8. The molecule has 3 rings (SSSR count). The van der Waals surface area contributed by atoms with Crippen LogP contribution in [0.25, 0.3) is 0 Å². The van der Waals surface area contributed by atoms with E-state index in [4.69, 9.17) is 0 Å². The van der Waals surface area contributed by atoms with Crippen molar-refractivity contribution in [3.05, 3.63) is 65.2 Å².